The first-order valence-electron chi connectivity index (χ1n) is 9.34. The molecule has 0 saturated heterocycles. The van der Waals surface area contributed by atoms with E-state index in [0.717, 1.165) is 19.3 Å². The van der Waals surface area contributed by atoms with E-state index in [4.69, 9.17) is 5.73 Å². The van der Waals surface area contributed by atoms with E-state index in [2.05, 4.69) is 27.2 Å². The van der Waals surface area contributed by atoms with Crippen LogP contribution in [0.15, 0.2) is 30.7 Å². The van der Waals surface area contributed by atoms with Crippen LogP contribution in [0.2, 0.25) is 0 Å². The highest BCUT2D eigenvalue weighted by molar-refractivity contribution is 6.10. The molecule has 0 unspecified atom stereocenters. The van der Waals surface area contributed by atoms with Gasteiger partial charge in [0.25, 0.3) is 0 Å². The molecular weight excluding hydrogens is 356 g/mol. The maximum Gasteiger partial charge on any atom is 0.222 e. The van der Waals surface area contributed by atoms with E-state index >= 15 is 0 Å². The maximum atomic E-state index is 12.7. The van der Waals surface area contributed by atoms with Gasteiger partial charge in [-0.3, -0.25) is 4.79 Å². The lowest BCUT2D eigenvalue weighted by Crippen LogP contribution is -2.39. The van der Waals surface area contributed by atoms with E-state index in [1.54, 1.807) is 18.3 Å². The fraction of sp³-hybridized carbons (Fsp3) is 0.400. The van der Waals surface area contributed by atoms with Gasteiger partial charge in [0.05, 0.1) is 17.7 Å². The number of aliphatic hydroxyl groups is 1. The van der Waals surface area contributed by atoms with E-state index in [0.29, 0.717) is 28.0 Å². The van der Waals surface area contributed by atoms with Gasteiger partial charge in [-0.2, -0.15) is 4.98 Å². The summed E-state index contributed by atoms with van der Waals surface area (Å²) < 4.78 is 1.82. The van der Waals surface area contributed by atoms with Gasteiger partial charge in [-0.25, -0.2) is 9.97 Å². The van der Waals surface area contributed by atoms with Crippen molar-refractivity contribution in [1.82, 2.24) is 19.5 Å². The van der Waals surface area contributed by atoms with E-state index in [-0.39, 0.29) is 18.3 Å². The minimum Gasteiger partial charge on any atom is -0.394 e. The Kier molecular flexibility index (Phi) is 5.60. The maximum absolute atomic E-state index is 12.7. The first-order chi connectivity index (χ1) is 13.3. The highest BCUT2D eigenvalue weighted by atomic mass is 16.3. The van der Waals surface area contributed by atoms with Gasteiger partial charge in [-0.05, 0) is 25.5 Å². The molecular formula is C20H26N6O2. The smallest absolute Gasteiger partial charge is 0.222 e. The summed E-state index contributed by atoms with van der Waals surface area (Å²) in [6.45, 7) is 3.98. The Morgan fingerprint density at radius 1 is 1.36 bits per heavy atom. The van der Waals surface area contributed by atoms with Crippen LogP contribution in [0.1, 0.15) is 49.0 Å². The molecule has 28 heavy (non-hydrogen) atoms. The van der Waals surface area contributed by atoms with Crippen molar-refractivity contribution >= 4 is 28.6 Å². The number of pyridine rings is 1. The van der Waals surface area contributed by atoms with Crippen molar-refractivity contribution in [3.05, 3.63) is 41.9 Å². The first-order valence-corrected chi connectivity index (χ1v) is 9.34. The molecule has 0 amide bonds. The van der Waals surface area contributed by atoms with Gasteiger partial charge >= 0.3 is 0 Å². The molecule has 3 aromatic heterocycles. The van der Waals surface area contributed by atoms with Crippen molar-refractivity contribution in [2.24, 2.45) is 7.05 Å². The molecule has 8 nitrogen and oxygen atoms in total. The van der Waals surface area contributed by atoms with Crippen molar-refractivity contribution in [3.8, 4) is 0 Å². The summed E-state index contributed by atoms with van der Waals surface area (Å²) in [6.07, 6.45) is 7.85. The summed E-state index contributed by atoms with van der Waals surface area (Å²) in [6, 6.07) is 3.43. The lowest BCUT2D eigenvalue weighted by molar-refractivity contribution is 0.103. The molecule has 3 heterocycles. The number of unbranched alkanes of at least 4 members (excludes halogenated alkanes) is 1. The molecule has 148 valence electrons. The number of rotatable bonds is 8. The van der Waals surface area contributed by atoms with Crippen molar-refractivity contribution in [2.75, 3.05) is 17.7 Å². The second-order valence-electron chi connectivity index (χ2n) is 7.36. The zero-order valence-corrected chi connectivity index (χ0v) is 16.4. The second kappa shape index (κ2) is 7.93. The highest BCUT2D eigenvalue weighted by Gasteiger charge is 2.25. The quantitative estimate of drug-likeness (QED) is 0.512. The molecule has 0 fully saturated rings. The normalized spacial score (nSPS) is 13.4. The Labute approximate surface area is 163 Å². The molecule has 0 saturated carbocycles. The highest BCUT2D eigenvalue weighted by Crippen LogP contribution is 2.26. The molecule has 0 bridgehead atoms. The average molecular weight is 382 g/mol. The molecule has 1 atom stereocenters. The van der Waals surface area contributed by atoms with Gasteiger partial charge in [0.15, 0.2) is 11.6 Å². The number of hydrogen-bond acceptors (Lipinski definition) is 7. The number of hydrogen-bond donors (Lipinski definition) is 3. The Morgan fingerprint density at radius 3 is 2.79 bits per heavy atom. The molecule has 0 aliphatic carbocycles. The van der Waals surface area contributed by atoms with Crippen LogP contribution in [-0.2, 0) is 7.05 Å². The topological polar surface area (TPSA) is 119 Å². The van der Waals surface area contributed by atoms with Crippen LogP contribution in [0.3, 0.4) is 0 Å². The minimum absolute atomic E-state index is 0.0526. The fourth-order valence-electron chi connectivity index (χ4n) is 3.09. The standard InChI is InChI=1S/C20H26N6O2/c1-4-5-7-20(2,12-27)25-18-16-15(23-19(21)24-18)9-14(10-22-16)17(28)13-6-8-26(3)11-13/h6,8-11,27H,4-5,7,12H2,1-3H3,(H3,21,23,24,25)/t20-/m1/s1. The summed E-state index contributed by atoms with van der Waals surface area (Å²) in [5.41, 5.74) is 7.33. The van der Waals surface area contributed by atoms with Gasteiger partial charge in [0.1, 0.15) is 5.52 Å². The molecule has 0 radical (unpaired) electrons. The van der Waals surface area contributed by atoms with Crippen LogP contribution in [0.5, 0.6) is 0 Å². The SMILES string of the molecule is CCCC[C@](C)(CO)Nc1nc(N)nc2cc(C(=O)c3ccn(C)c3)cnc12. The Balaban J connectivity index is 1.98. The van der Waals surface area contributed by atoms with Gasteiger partial charge in [0.2, 0.25) is 5.95 Å². The number of nitrogens with two attached hydrogens (primary N) is 1. The number of carbonyl (C=O) groups excluding carboxylic acids is 1. The van der Waals surface area contributed by atoms with E-state index in [1.165, 1.54) is 6.20 Å². The number of aromatic nitrogens is 4. The molecule has 0 aromatic carbocycles. The van der Waals surface area contributed by atoms with Crippen LogP contribution in [0.25, 0.3) is 11.0 Å². The number of aliphatic hydroxyl groups excluding tert-OH is 1. The van der Waals surface area contributed by atoms with Crippen molar-refractivity contribution < 1.29 is 9.90 Å². The summed E-state index contributed by atoms with van der Waals surface area (Å²) in [7, 11) is 1.86. The number of carbonyl (C=O) groups is 1. The zero-order chi connectivity index (χ0) is 20.3. The average Bonchev–Trinajstić information content (AvgIpc) is 3.11. The van der Waals surface area contributed by atoms with Gasteiger partial charge in [-0.1, -0.05) is 19.8 Å². The monoisotopic (exact) mass is 382 g/mol. The van der Waals surface area contributed by atoms with E-state index in [1.807, 2.05) is 24.7 Å². The summed E-state index contributed by atoms with van der Waals surface area (Å²) in [5, 5.41) is 13.1. The fourth-order valence-corrected chi connectivity index (χ4v) is 3.09. The Hall–Kier alpha value is -3.00. The summed E-state index contributed by atoms with van der Waals surface area (Å²) >= 11 is 0. The van der Waals surface area contributed by atoms with Crippen LogP contribution < -0.4 is 11.1 Å². The summed E-state index contributed by atoms with van der Waals surface area (Å²) in [4.78, 5) is 25.6. The molecule has 4 N–H and O–H groups in total. The third-order valence-electron chi connectivity index (χ3n) is 4.76. The number of nitrogen functional groups attached to an aromatic ring is 1. The lowest BCUT2D eigenvalue weighted by atomic mass is 9.96. The third-order valence-corrected chi connectivity index (χ3v) is 4.76. The number of nitrogens with zero attached hydrogens (tertiary/aromatic N) is 4. The number of aryl methyl sites for hydroxylation is 1. The number of ketones is 1. The molecule has 8 heteroatoms. The first kappa shape index (κ1) is 19.8. The second-order valence-corrected chi connectivity index (χ2v) is 7.36. The van der Waals surface area contributed by atoms with Crippen LogP contribution in [0, 0.1) is 0 Å². The van der Waals surface area contributed by atoms with Crippen LogP contribution >= 0.6 is 0 Å². The number of anilines is 2. The lowest BCUT2D eigenvalue weighted by Gasteiger charge is -2.29. The molecule has 0 aliphatic rings. The Morgan fingerprint density at radius 2 is 2.14 bits per heavy atom. The molecule has 3 aromatic rings. The van der Waals surface area contributed by atoms with Crippen LogP contribution in [0.4, 0.5) is 11.8 Å². The molecule has 0 aliphatic heterocycles. The van der Waals surface area contributed by atoms with E-state index < -0.39 is 5.54 Å². The molecule has 3 rings (SSSR count). The largest absolute Gasteiger partial charge is 0.394 e. The number of fused-ring (bicyclic) bond motifs is 1. The molecule has 0 spiro atoms. The minimum atomic E-state index is -0.552. The van der Waals surface area contributed by atoms with Crippen LogP contribution in [-0.4, -0.2) is 42.6 Å². The number of nitrogens with one attached hydrogen (secondary N) is 1. The van der Waals surface area contributed by atoms with Crippen molar-refractivity contribution in [1.29, 1.82) is 0 Å². The zero-order valence-electron chi connectivity index (χ0n) is 16.4. The van der Waals surface area contributed by atoms with E-state index in [9.17, 15) is 9.90 Å². The third kappa shape index (κ3) is 4.12. The van der Waals surface area contributed by atoms with Crippen molar-refractivity contribution in [2.45, 2.75) is 38.6 Å². The Bertz CT molecular complexity index is 1000. The van der Waals surface area contributed by atoms with Crippen molar-refractivity contribution in [3.63, 3.8) is 0 Å². The van der Waals surface area contributed by atoms with Gasteiger partial charge in [0, 0.05) is 36.8 Å². The summed E-state index contributed by atoms with van der Waals surface area (Å²) in [5.74, 6) is 0.399. The predicted molar refractivity (Wildman–Crippen MR) is 109 cm³/mol. The predicted octanol–water partition coefficient (Wildman–Crippen LogP) is 2.53. The van der Waals surface area contributed by atoms with Gasteiger partial charge in [-0.15, -0.1) is 0 Å². The van der Waals surface area contributed by atoms with Gasteiger partial charge < -0.3 is 20.7 Å².